The van der Waals surface area contributed by atoms with Crippen molar-refractivity contribution in [1.82, 2.24) is 15.0 Å². The summed E-state index contributed by atoms with van der Waals surface area (Å²) in [6, 6.07) is 61.7. The van der Waals surface area contributed by atoms with Crippen LogP contribution in [0.5, 0.6) is 0 Å². The van der Waals surface area contributed by atoms with Gasteiger partial charge in [-0.05, 0) is 72.4 Å². The Morgan fingerprint density at radius 2 is 0.830 bits per heavy atom. The first-order valence-corrected chi connectivity index (χ1v) is 17.9. The average Bonchev–Trinajstić information content (AvgIpc) is 3.62. The van der Waals surface area contributed by atoms with Crippen molar-refractivity contribution in [2.75, 3.05) is 0 Å². The molecule has 0 saturated heterocycles. The summed E-state index contributed by atoms with van der Waals surface area (Å²) >= 11 is 0. The highest BCUT2D eigenvalue weighted by atomic mass is 16.3. The lowest BCUT2D eigenvalue weighted by molar-refractivity contribution is 0.669. The Labute approximate surface area is 304 Å². The second-order valence-corrected chi connectivity index (χ2v) is 13.6. The molecule has 246 valence electrons. The van der Waals surface area contributed by atoms with E-state index in [0.717, 1.165) is 49.6 Å². The van der Waals surface area contributed by atoms with Crippen LogP contribution < -0.4 is 0 Å². The van der Waals surface area contributed by atoms with Gasteiger partial charge in [-0.2, -0.15) is 0 Å². The SMILES string of the molecule is c1ccc2c(-c3ccc(-c4nc(-c5ccc6ccc7c8ccccc8ccc7c6c5)nc(-c5cccc6oc7ccccc7c56)n4)cc3)cccc2c1. The van der Waals surface area contributed by atoms with Crippen molar-refractivity contribution < 1.29 is 4.42 Å². The van der Waals surface area contributed by atoms with Crippen LogP contribution in [0.15, 0.2) is 180 Å². The van der Waals surface area contributed by atoms with Crippen LogP contribution in [0, 0.1) is 0 Å². The molecular weight excluding hydrogens is 647 g/mol. The van der Waals surface area contributed by atoms with Crippen LogP contribution in [-0.4, -0.2) is 15.0 Å². The molecule has 0 atom stereocenters. The summed E-state index contributed by atoms with van der Waals surface area (Å²) in [5, 5.41) is 11.7. The second-order valence-electron chi connectivity index (χ2n) is 13.6. The predicted octanol–water partition coefficient (Wildman–Crippen LogP) is 13.1. The molecule has 0 unspecified atom stereocenters. The maximum Gasteiger partial charge on any atom is 0.164 e. The third-order valence-electron chi connectivity index (χ3n) is 10.5. The van der Waals surface area contributed by atoms with Gasteiger partial charge in [-0.25, -0.2) is 15.0 Å². The Bertz CT molecular complexity index is 3230. The van der Waals surface area contributed by atoms with Gasteiger partial charge in [0, 0.05) is 27.5 Å². The molecule has 0 aliphatic rings. The maximum absolute atomic E-state index is 6.28. The van der Waals surface area contributed by atoms with Gasteiger partial charge >= 0.3 is 0 Å². The molecule has 0 aliphatic carbocycles. The lowest BCUT2D eigenvalue weighted by atomic mass is 9.96. The summed E-state index contributed by atoms with van der Waals surface area (Å²) < 4.78 is 6.28. The first-order chi connectivity index (χ1) is 26.2. The molecule has 11 rings (SSSR count). The Kier molecular flexibility index (Phi) is 6.52. The first-order valence-electron chi connectivity index (χ1n) is 17.9. The molecule has 0 spiro atoms. The highest BCUT2D eigenvalue weighted by molar-refractivity contribution is 6.18. The van der Waals surface area contributed by atoms with Gasteiger partial charge in [0.1, 0.15) is 11.2 Å². The predicted molar refractivity (Wildman–Crippen MR) is 219 cm³/mol. The highest BCUT2D eigenvalue weighted by Crippen LogP contribution is 2.38. The van der Waals surface area contributed by atoms with E-state index < -0.39 is 0 Å². The lowest BCUT2D eigenvalue weighted by Crippen LogP contribution is -2.00. The Hall–Kier alpha value is -7.17. The van der Waals surface area contributed by atoms with Crippen LogP contribution in [-0.2, 0) is 0 Å². The molecule has 4 nitrogen and oxygen atoms in total. The van der Waals surface area contributed by atoms with Gasteiger partial charge in [-0.1, -0.05) is 158 Å². The number of benzene rings is 9. The van der Waals surface area contributed by atoms with Crippen molar-refractivity contribution in [3.8, 4) is 45.3 Å². The van der Waals surface area contributed by atoms with Gasteiger partial charge in [0.15, 0.2) is 17.5 Å². The van der Waals surface area contributed by atoms with E-state index in [0.29, 0.717) is 17.5 Å². The number of para-hydroxylation sites is 1. The number of hydrogen-bond acceptors (Lipinski definition) is 4. The summed E-state index contributed by atoms with van der Waals surface area (Å²) in [7, 11) is 0. The molecule has 11 aromatic rings. The smallest absolute Gasteiger partial charge is 0.164 e. The minimum Gasteiger partial charge on any atom is -0.456 e. The van der Waals surface area contributed by atoms with Crippen LogP contribution in [0.25, 0.3) is 110 Å². The lowest BCUT2D eigenvalue weighted by Gasteiger charge is -2.12. The van der Waals surface area contributed by atoms with E-state index >= 15 is 0 Å². The van der Waals surface area contributed by atoms with Crippen molar-refractivity contribution in [2.45, 2.75) is 0 Å². The van der Waals surface area contributed by atoms with Gasteiger partial charge in [0.2, 0.25) is 0 Å². The quantitative estimate of drug-likeness (QED) is 0.174. The molecule has 4 heteroatoms. The van der Waals surface area contributed by atoms with Gasteiger partial charge in [0.05, 0.1) is 0 Å². The minimum atomic E-state index is 0.601. The number of furan rings is 1. The van der Waals surface area contributed by atoms with Crippen molar-refractivity contribution in [3.63, 3.8) is 0 Å². The summed E-state index contributed by atoms with van der Waals surface area (Å²) in [5.74, 6) is 1.83. The zero-order chi connectivity index (χ0) is 34.9. The zero-order valence-corrected chi connectivity index (χ0v) is 28.5. The molecule has 2 heterocycles. The van der Waals surface area contributed by atoms with Gasteiger partial charge < -0.3 is 4.42 Å². The molecule has 0 aliphatic heterocycles. The van der Waals surface area contributed by atoms with Crippen LogP contribution in [0.1, 0.15) is 0 Å². The minimum absolute atomic E-state index is 0.601. The molecular formula is C49H29N3O. The molecule has 0 saturated carbocycles. The molecule has 53 heavy (non-hydrogen) atoms. The molecule has 0 amide bonds. The molecule has 9 aromatic carbocycles. The van der Waals surface area contributed by atoms with E-state index in [1.165, 1.54) is 43.3 Å². The summed E-state index contributed by atoms with van der Waals surface area (Å²) in [6.45, 7) is 0. The molecule has 0 N–H and O–H groups in total. The second kappa shape index (κ2) is 11.7. The van der Waals surface area contributed by atoms with E-state index in [9.17, 15) is 0 Å². The summed E-state index contributed by atoms with van der Waals surface area (Å²) in [6.07, 6.45) is 0. The molecule has 0 radical (unpaired) electrons. The fourth-order valence-electron chi connectivity index (χ4n) is 7.95. The topological polar surface area (TPSA) is 51.8 Å². The van der Waals surface area contributed by atoms with Crippen LogP contribution in [0.2, 0.25) is 0 Å². The summed E-state index contributed by atoms with van der Waals surface area (Å²) in [4.78, 5) is 15.6. The Morgan fingerprint density at radius 1 is 0.302 bits per heavy atom. The van der Waals surface area contributed by atoms with E-state index in [4.69, 9.17) is 19.4 Å². The standard InChI is InChI=1S/C49H29N3O/c1-3-12-36-30(9-1)11-7-15-37(36)32-19-22-34(23-20-32)47-50-48(52-49(51-47)42-16-8-18-45-46(42)41-14-5-6-17-44(41)53-45)35-24-21-33-26-27-39-38-13-4-2-10-31(38)25-28-40(39)43(33)29-35/h1-29H. The first kappa shape index (κ1) is 29.5. The number of fused-ring (bicyclic) bond motifs is 9. The van der Waals surface area contributed by atoms with E-state index in [2.05, 4.69) is 146 Å². The highest BCUT2D eigenvalue weighted by Gasteiger charge is 2.18. The van der Waals surface area contributed by atoms with Crippen LogP contribution in [0.4, 0.5) is 0 Å². The van der Waals surface area contributed by atoms with E-state index in [1.54, 1.807) is 0 Å². The zero-order valence-electron chi connectivity index (χ0n) is 28.5. The number of hydrogen-bond donors (Lipinski definition) is 0. The van der Waals surface area contributed by atoms with E-state index in [-0.39, 0.29) is 0 Å². The van der Waals surface area contributed by atoms with Crippen molar-refractivity contribution >= 4 is 65.0 Å². The summed E-state index contributed by atoms with van der Waals surface area (Å²) in [5.41, 5.74) is 6.73. The number of nitrogens with zero attached hydrogens (tertiary/aromatic N) is 3. The third kappa shape index (κ3) is 4.80. The molecule has 0 fully saturated rings. The Balaban J connectivity index is 1.12. The van der Waals surface area contributed by atoms with E-state index in [1.807, 2.05) is 30.3 Å². The maximum atomic E-state index is 6.28. The number of aromatic nitrogens is 3. The monoisotopic (exact) mass is 675 g/mol. The van der Waals surface area contributed by atoms with Crippen LogP contribution >= 0.6 is 0 Å². The molecule has 0 bridgehead atoms. The van der Waals surface area contributed by atoms with Crippen molar-refractivity contribution in [1.29, 1.82) is 0 Å². The van der Waals surface area contributed by atoms with Gasteiger partial charge in [-0.3, -0.25) is 0 Å². The van der Waals surface area contributed by atoms with Crippen molar-refractivity contribution in [3.05, 3.63) is 176 Å². The third-order valence-corrected chi connectivity index (χ3v) is 10.5. The Morgan fingerprint density at radius 3 is 1.66 bits per heavy atom. The van der Waals surface area contributed by atoms with Crippen molar-refractivity contribution in [2.24, 2.45) is 0 Å². The van der Waals surface area contributed by atoms with Crippen LogP contribution in [0.3, 0.4) is 0 Å². The normalized spacial score (nSPS) is 11.8. The number of rotatable bonds is 4. The largest absolute Gasteiger partial charge is 0.456 e. The van der Waals surface area contributed by atoms with Gasteiger partial charge in [-0.15, -0.1) is 0 Å². The van der Waals surface area contributed by atoms with Gasteiger partial charge in [0.25, 0.3) is 0 Å². The average molecular weight is 676 g/mol. The molecule has 2 aromatic heterocycles. The fraction of sp³-hybridized carbons (Fsp3) is 0. The fourth-order valence-corrected chi connectivity index (χ4v) is 7.95.